The molecule has 2 rings (SSSR count). The SMILES string of the molecule is NC(=O)c1ccc2c([N+](=O)[O-])cccc2c1. The summed E-state index contributed by atoms with van der Waals surface area (Å²) in [5.41, 5.74) is 5.49. The van der Waals surface area contributed by atoms with Crippen LogP contribution in [0.2, 0.25) is 0 Å². The van der Waals surface area contributed by atoms with Crippen molar-refractivity contribution in [1.29, 1.82) is 0 Å². The molecule has 0 fully saturated rings. The van der Waals surface area contributed by atoms with Crippen LogP contribution >= 0.6 is 0 Å². The number of primary amides is 1. The highest BCUT2D eigenvalue weighted by Crippen LogP contribution is 2.25. The van der Waals surface area contributed by atoms with Crippen molar-refractivity contribution in [2.45, 2.75) is 0 Å². The second kappa shape index (κ2) is 3.62. The van der Waals surface area contributed by atoms with E-state index in [1.807, 2.05) is 0 Å². The number of hydrogen-bond donors (Lipinski definition) is 1. The number of fused-ring (bicyclic) bond motifs is 1. The van der Waals surface area contributed by atoms with Gasteiger partial charge in [0.2, 0.25) is 5.91 Å². The first kappa shape index (κ1) is 10.1. The summed E-state index contributed by atoms with van der Waals surface area (Å²) in [6, 6.07) is 9.27. The normalized spacial score (nSPS) is 10.2. The Bertz CT molecular complexity index is 593. The third-order valence-electron chi connectivity index (χ3n) is 2.34. The lowest BCUT2D eigenvalue weighted by atomic mass is 10.1. The molecule has 0 saturated heterocycles. The van der Waals surface area contributed by atoms with Crippen molar-refractivity contribution in [2.75, 3.05) is 0 Å². The second-order valence-corrected chi connectivity index (χ2v) is 3.33. The molecule has 1 amide bonds. The Morgan fingerprint density at radius 2 is 2.00 bits per heavy atom. The fourth-order valence-electron chi connectivity index (χ4n) is 1.58. The van der Waals surface area contributed by atoms with Crippen molar-refractivity contribution in [1.82, 2.24) is 0 Å². The molecule has 5 nitrogen and oxygen atoms in total. The Hall–Kier alpha value is -2.43. The first-order chi connectivity index (χ1) is 7.59. The van der Waals surface area contributed by atoms with Crippen molar-refractivity contribution in [3.05, 3.63) is 52.1 Å². The van der Waals surface area contributed by atoms with E-state index in [2.05, 4.69) is 0 Å². The smallest absolute Gasteiger partial charge is 0.277 e. The molecule has 5 heteroatoms. The Morgan fingerprint density at radius 3 is 2.62 bits per heavy atom. The highest BCUT2D eigenvalue weighted by molar-refractivity contribution is 5.99. The van der Waals surface area contributed by atoms with Crippen LogP contribution in [0.1, 0.15) is 10.4 Å². The molecule has 0 aliphatic rings. The molecule has 16 heavy (non-hydrogen) atoms. The fourth-order valence-corrected chi connectivity index (χ4v) is 1.58. The Morgan fingerprint density at radius 1 is 1.25 bits per heavy atom. The molecule has 0 aliphatic carbocycles. The van der Waals surface area contributed by atoms with Crippen molar-refractivity contribution in [2.24, 2.45) is 5.73 Å². The predicted octanol–water partition coefficient (Wildman–Crippen LogP) is 1.85. The third kappa shape index (κ3) is 1.58. The van der Waals surface area contributed by atoms with Gasteiger partial charge in [0.25, 0.3) is 5.69 Å². The minimum atomic E-state index is -0.548. The van der Waals surface area contributed by atoms with Gasteiger partial charge < -0.3 is 5.73 Å². The van der Waals surface area contributed by atoms with Crippen molar-refractivity contribution >= 4 is 22.4 Å². The van der Waals surface area contributed by atoms with Gasteiger partial charge >= 0.3 is 0 Å². The predicted molar refractivity (Wildman–Crippen MR) is 59.1 cm³/mol. The number of nitrogens with two attached hydrogens (primary N) is 1. The van der Waals surface area contributed by atoms with Gasteiger partial charge in [0.15, 0.2) is 0 Å². The van der Waals surface area contributed by atoms with Gasteiger partial charge in [0.1, 0.15) is 0 Å². The number of hydrogen-bond acceptors (Lipinski definition) is 3. The molecule has 2 aromatic carbocycles. The molecule has 0 saturated carbocycles. The van der Waals surface area contributed by atoms with E-state index in [4.69, 9.17) is 5.73 Å². The topological polar surface area (TPSA) is 86.2 Å². The maximum absolute atomic E-state index is 11.0. The standard InChI is InChI=1S/C11H8N2O3/c12-11(14)8-4-5-9-7(6-8)2-1-3-10(9)13(15)16/h1-6H,(H2,12,14). The highest BCUT2D eigenvalue weighted by atomic mass is 16.6. The summed E-state index contributed by atoms with van der Waals surface area (Å²) < 4.78 is 0. The maximum Gasteiger partial charge on any atom is 0.277 e. The zero-order chi connectivity index (χ0) is 11.7. The van der Waals surface area contributed by atoms with Crippen LogP contribution in [0.15, 0.2) is 36.4 Å². The summed E-state index contributed by atoms with van der Waals surface area (Å²) in [4.78, 5) is 21.2. The zero-order valence-corrected chi connectivity index (χ0v) is 8.21. The average molecular weight is 216 g/mol. The highest BCUT2D eigenvalue weighted by Gasteiger charge is 2.11. The Labute approximate surface area is 90.6 Å². The molecule has 0 aromatic heterocycles. The van der Waals surface area contributed by atoms with Gasteiger partial charge in [-0.25, -0.2) is 0 Å². The average Bonchev–Trinajstić information content (AvgIpc) is 2.27. The van der Waals surface area contributed by atoms with Crippen LogP contribution in [0.25, 0.3) is 10.8 Å². The Balaban J connectivity index is 2.73. The summed E-state index contributed by atoms with van der Waals surface area (Å²) >= 11 is 0. The number of nitro groups is 1. The van der Waals surface area contributed by atoms with E-state index in [0.29, 0.717) is 16.3 Å². The molecule has 0 spiro atoms. The van der Waals surface area contributed by atoms with Crippen LogP contribution in [0.4, 0.5) is 5.69 Å². The van der Waals surface area contributed by atoms with Crippen LogP contribution in [-0.4, -0.2) is 10.8 Å². The number of rotatable bonds is 2. The van der Waals surface area contributed by atoms with Crippen LogP contribution < -0.4 is 5.73 Å². The van der Waals surface area contributed by atoms with E-state index in [9.17, 15) is 14.9 Å². The first-order valence-corrected chi connectivity index (χ1v) is 4.56. The molecule has 0 unspecified atom stereocenters. The van der Waals surface area contributed by atoms with Crippen LogP contribution in [0.3, 0.4) is 0 Å². The van der Waals surface area contributed by atoms with Gasteiger partial charge in [-0.1, -0.05) is 12.1 Å². The van der Waals surface area contributed by atoms with Gasteiger partial charge in [-0.2, -0.15) is 0 Å². The fraction of sp³-hybridized carbons (Fsp3) is 0. The zero-order valence-electron chi connectivity index (χ0n) is 8.21. The number of carbonyl (C=O) groups is 1. The number of nitro benzene ring substituents is 1. The minimum Gasteiger partial charge on any atom is -0.366 e. The van der Waals surface area contributed by atoms with Crippen molar-refractivity contribution < 1.29 is 9.72 Å². The van der Waals surface area contributed by atoms with E-state index < -0.39 is 10.8 Å². The first-order valence-electron chi connectivity index (χ1n) is 4.56. The van der Waals surface area contributed by atoms with Crippen LogP contribution in [0.5, 0.6) is 0 Å². The van der Waals surface area contributed by atoms with Crippen molar-refractivity contribution in [3.8, 4) is 0 Å². The summed E-state index contributed by atoms with van der Waals surface area (Å²) in [6.45, 7) is 0. The molecule has 2 aromatic rings. The molecule has 0 heterocycles. The molecular weight excluding hydrogens is 208 g/mol. The lowest BCUT2D eigenvalue weighted by Crippen LogP contribution is -2.10. The third-order valence-corrected chi connectivity index (χ3v) is 2.34. The van der Waals surface area contributed by atoms with Crippen LogP contribution in [0, 0.1) is 10.1 Å². The van der Waals surface area contributed by atoms with E-state index >= 15 is 0 Å². The molecule has 0 bridgehead atoms. The molecule has 2 N–H and O–H groups in total. The lowest BCUT2D eigenvalue weighted by Gasteiger charge is -2.01. The lowest BCUT2D eigenvalue weighted by molar-refractivity contribution is -0.383. The molecule has 80 valence electrons. The van der Waals surface area contributed by atoms with E-state index in [0.717, 1.165) is 0 Å². The van der Waals surface area contributed by atoms with Gasteiger partial charge in [0.05, 0.1) is 10.3 Å². The summed E-state index contributed by atoms with van der Waals surface area (Å²) in [5, 5.41) is 11.9. The minimum absolute atomic E-state index is 0.0218. The van der Waals surface area contributed by atoms with Crippen molar-refractivity contribution in [3.63, 3.8) is 0 Å². The van der Waals surface area contributed by atoms with E-state index in [1.165, 1.54) is 18.2 Å². The summed E-state index contributed by atoms with van der Waals surface area (Å²) in [5.74, 6) is -0.548. The molecular formula is C11H8N2O3. The summed E-state index contributed by atoms with van der Waals surface area (Å²) in [6.07, 6.45) is 0. The van der Waals surface area contributed by atoms with Gasteiger partial charge in [-0.15, -0.1) is 0 Å². The number of non-ortho nitro benzene ring substituents is 1. The van der Waals surface area contributed by atoms with Gasteiger partial charge in [0, 0.05) is 11.6 Å². The van der Waals surface area contributed by atoms with E-state index in [1.54, 1.807) is 18.2 Å². The largest absolute Gasteiger partial charge is 0.366 e. The molecule has 0 atom stereocenters. The maximum atomic E-state index is 11.0. The number of carbonyl (C=O) groups excluding carboxylic acids is 1. The second-order valence-electron chi connectivity index (χ2n) is 3.33. The summed E-state index contributed by atoms with van der Waals surface area (Å²) in [7, 11) is 0. The Kier molecular flexibility index (Phi) is 2.28. The van der Waals surface area contributed by atoms with Crippen LogP contribution in [-0.2, 0) is 0 Å². The number of amides is 1. The molecule has 0 radical (unpaired) electrons. The number of benzene rings is 2. The van der Waals surface area contributed by atoms with Gasteiger partial charge in [-0.3, -0.25) is 14.9 Å². The quantitative estimate of drug-likeness (QED) is 0.613. The monoisotopic (exact) mass is 216 g/mol. The van der Waals surface area contributed by atoms with E-state index in [-0.39, 0.29) is 5.69 Å². The molecule has 0 aliphatic heterocycles. The van der Waals surface area contributed by atoms with Gasteiger partial charge in [-0.05, 0) is 23.6 Å². The number of nitrogens with zero attached hydrogens (tertiary/aromatic N) is 1.